The van der Waals surface area contributed by atoms with Crippen LogP contribution in [-0.2, 0) is 15.8 Å². The molecular formula is C9H17NaO3S. The van der Waals surface area contributed by atoms with Crippen LogP contribution in [0.3, 0.4) is 0 Å². The van der Waals surface area contributed by atoms with Crippen molar-refractivity contribution in [3.8, 4) is 0 Å². The molecule has 0 aromatic carbocycles. The molecule has 1 aliphatic rings. The maximum Gasteiger partial charge on any atom is 1.00 e. The first-order chi connectivity index (χ1) is 6.18. The second-order valence-electron chi connectivity index (χ2n) is 3.82. The fourth-order valence-corrected chi connectivity index (χ4v) is 2.20. The minimum atomic E-state index is -1.93. The largest absolute Gasteiger partial charge is 1.00 e. The molecule has 14 heavy (non-hydrogen) atoms. The van der Waals surface area contributed by atoms with Gasteiger partial charge in [-0.1, -0.05) is 30.8 Å². The monoisotopic (exact) mass is 228 g/mol. The molecule has 0 amide bonds. The molecule has 1 fully saturated rings. The molecule has 0 aromatic heterocycles. The summed E-state index contributed by atoms with van der Waals surface area (Å²) in [5.74, 6) is 0.339. The topological polar surface area (TPSA) is 49.4 Å². The van der Waals surface area contributed by atoms with Gasteiger partial charge < -0.3 is 9.29 Å². The van der Waals surface area contributed by atoms with Crippen LogP contribution in [0.15, 0.2) is 0 Å². The molecule has 0 saturated heterocycles. The van der Waals surface area contributed by atoms with Crippen molar-refractivity contribution in [1.82, 2.24) is 0 Å². The van der Waals surface area contributed by atoms with Crippen LogP contribution in [0.1, 0.15) is 32.6 Å². The van der Waals surface area contributed by atoms with Crippen molar-refractivity contribution in [1.29, 1.82) is 0 Å². The van der Waals surface area contributed by atoms with Crippen molar-refractivity contribution >= 4 is 11.1 Å². The maximum absolute atomic E-state index is 10.4. The molecule has 3 nitrogen and oxygen atoms in total. The molecule has 0 radical (unpaired) electrons. The van der Waals surface area contributed by atoms with Gasteiger partial charge in [-0.15, -0.1) is 0 Å². The minimum Gasteiger partial charge on any atom is -0.772 e. The molecule has 0 aromatic rings. The zero-order valence-corrected chi connectivity index (χ0v) is 11.8. The van der Waals surface area contributed by atoms with Crippen LogP contribution in [-0.4, -0.2) is 27.2 Å². The minimum absolute atomic E-state index is 0. The summed E-state index contributed by atoms with van der Waals surface area (Å²) in [5, 5.41) is 0. The van der Waals surface area contributed by atoms with Gasteiger partial charge in [0.15, 0.2) is 0 Å². The van der Waals surface area contributed by atoms with Crippen LogP contribution in [0.5, 0.6) is 0 Å². The summed E-state index contributed by atoms with van der Waals surface area (Å²) in [6.45, 7) is 2.49. The van der Waals surface area contributed by atoms with Gasteiger partial charge in [-0.25, -0.2) is 0 Å². The predicted molar refractivity (Wildman–Crippen MR) is 51.2 cm³/mol. The first-order valence-electron chi connectivity index (χ1n) is 4.86. The van der Waals surface area contributed by atoms with Crippen molar-refractivity contribution in [3.63, 3.8) is 0 Å². The fourth-order valence-electron chi connectivity index (χ4n) is 1.64. The Labute approximate surface area is 111 Å². The van der Waals surface area contributed by atoms with Crippen molar-refractivity contribution in [2.75, 3.05) is 12.4 Å². The van der Waals surface area contributed by atoms with Crippen LogP contribution >= 0.6 is 0 Å². The molecule has 78 valence electrons. The number of hydrogen-bond acceptors (Lipinski definition) is 3. The molecule has 2 atom stereocenters. The van der Waals surface area contributed by atoms with E-state index in [1.165, 1.54) is 12.8 Å². The van der Waals surface area contributed by atoms with Crippen LogP contribution in [0.25, 0.3) is 0 Å². The molecule has 1 aliphatic carbocycles. The van der Waals surface area contributed by atoms with Gasteiger partial charge in [0.1, 0.15) is 0 Å². The molecule has 0 spiro atoms. The van der Waals surface area contributed by atoms with Gasteiger partial charge in [0, 0.05) is 5.75 Å². The van der Waals surface area contributed by atoms with E-state index < -0.39 is 11.1 Å². The summed E-state index contributed by atoms with van der Waals surface area (Å²) in [4.78, 5) is 0. The van der Waals surface area contributed by atoms with Crippen molar-refractivity contribution in [3.05, 3.63) is 0 Å². The molecule has 0 N–H and O–H groups in total. The molecule has 0 heterocycles. The molecule has 5 heteroatoms. The van der Waals surface area contributed by atoms with Crippen molar-refractivity contribution < 1.29 is 43.1 Å². The second-order valence-corrected chi connectivity index (χ2v) is 4.76. The Bertz CT molecular complexity index is 171. The van der Waals surface area contributed by atoms with Gasteiger partial charge in [-0.3, -0.25) is 4.21 Å². The number of ether oxygens (including phenoxy) is 1. The zero-order valence-electron chi connectivity index (χ0n) is 9.03. The summed E-state index contributed by atoms with van der Waals surface area (Å²) in [6, 6.07) is 0. The van der Waals surface area contributed by atoms with E-state index in [9.17, 15) is 8.76 Å². The van der Waals surface area contributed by atoms with Crippen LogP contribution in [0.2, 0.25) is 0 Å². The Morgan fingerprint density at radius 1 is 1.50 bits per heavy atom. The zero-order chi connectivity index (χ0) is 9.68. The molecule has 1 rings (SSSR count). The van der Waals surface area contributed by atoms with Gasteiger partial charge in [-0.05, 0) is 18.8 Å². The number of hydrogen-bond donors (Lipinski definition) is 0. The first kappa shape index (κ1) is 15.1. The number of rotatable bonds is 5. The Hall–Kier alpha value is 1.07. The Kier molecular flexibility index (Phi) is 8.88. The van der Waals surface area contributed by atoms with Gasteiger partial charge in [0.2, 0.25) is 0 Å². The van der Waals surface area contributed by atoms with E-state index in [1.807, 2.05) is 6.92 Å². The summed E-state index contributed by atoms with van der Waals surface area (Å²) < 4.78 is 26.3. The van der Waals surface area contributed by atoms with E-state index in [0.29, 0.717) is 12.7 Å². The van der Waals surface area contributed by atoms with Crippen LogP contribution in [0.4, 0.5) is 0 Å². The molecular weight excluding hydrogens is 211 g/mol. The van der Waals surface area contributed by atoms with E-state index in [-0.39, 0.29) is 41.2 Å². The van der Waals surface area contributed by atoms with Gasteiger partial charge in [-0.2, -0.15) is 0 Å². The second kappa shape index (κ2) is 8.25. The normalized spacial score (nSPS) is 21.6. The summed E-state index contributed by atoms with van der Waals surface area (Å²) in [5.41, 5.74) is 0. The third kappa shape index (κ3) is 6.53. The van der Waals surface area contributed by atoms with Crippen LogP contribution < -0.4 is 29.6 Å². The molecule has 1 saturated carbocycles. The van der Waals surface area contributed by atoms with E-state index in [0.717, 1.165) is 12.8 Å². The molecule has 2 unspecified atom stereocenters. The Morgan fingerprint density at radius 2 is 2.07 bits per heavy atom. The third-order valence-corrected chi connectivity index (χ3v) is 3.18. The van der Waals surface area contributed by atoms with E-state index in [1.54, 1.807) is 0 Å². The smallest absolute Gasteiger partial charge is 0.772 e. The third-order valence-electron chi connectivity index (χ3n) is 2.34. The summed E-state index contributed by atoms with van der Waals surface area (Å²) >= 11 is -1.93. The molecule has 0 aliphatic heterocycles. The standard InChI is InChI=1S/C9H18O3S.Na/c1-8(7-13(10)11)6-12-9-4-2-3-5-9;/h8-9H,2-7H2,1H3,(H,10,11);/q;+1/p-1. The van der Waals surface area contributed by atoms with E-state index >= 15 is 0 Å². The Morgan fingerprint density at radius 3 is 2.57 bits per heavy atom. The quantitative estimate of drug-likeness (QED) is 0.423. The van der Waals surface area contributed by atoms with Crippen molar-refractivity contribution in [2.45, 2.75) is 38.7 Å². The fraction of sp³-hybridized carbons (Fsp3) is 1.00. The van der Waals surface area contributed by atoms with Gasteiger partial charge >= 0.3 is 29.6 Å². The van der Waals surface area contributed by atoms with Crippen LogP contribution in [0, 0.1) is 5.92 Å². The molecule has 0 bridgehead atoms. The Balaban J connectivity index is 0.00000169. The average molecular weight is 228 g/mol. The van der Waals surface area contributed by atoms with E-state index in [4.69, 9.17) is 4.74 Å². The maximum atomic E-state index is 10.4. The average Bonchev–Trinajstić information content (AvgIpc) is 2.51. The van der Waals surface area contributed by atoms with Gasteiger partial charge in [0.05, 0.1) is 12.7 Å². The first-order valence-corrected chi connectivity index (χ1v) is 6.10. The van der Waals surface area contributed by atoms with E-state index in [2.05, 4.69) is 0 Å². The van der Waals surface area contributed by atoms with Gasteiger partial charge in [0.25, 0.3) is 0 Å². The summed E-state index contributed by atoms with van der Waals surface area (Å²) in [7, 11) is 0. The summed E-state index contributed by atoms with van der Waals surface area (Å²) in [6.07, 6.45) is 5.20. The SMILES string of the molecule is CC(COC1CCCC1)CS(=O)[O-].[Na+]. The van der Waals surface area contributed by atoms with Crippen molar-refractivity contribution in [2.24, 2.45) is 5.92 Å². The predicted octanol–water partition coefficient (Wildman–Crippen LogP) is -1.54.